The third-order valence-electron chi connectivity index (χ3n) is 5.49. The summed E-state index contributed by atoms with van der Waals surface area (Å²) in [7, 11) is 1.22. The van der Waals surface area contributed by atoms with E-state index in [1.54, 1.807) is 6.92 Å². The van der Waals surface area contributed by atoms with Crippen LogP contribution in [0.1, 0.15) is 62.5 Å². The molecule has 198 valence electrons. The van der Waals surface area contributed by atoms with E-state index in [9.17, 15) is 14.4 Å². The van der Waals surface area contributed by atoms with E-state index in [2.05, 4.69) is 15.5 Å². The van der Waals surface area contributed by atoms with Crippen LogP contribution in [0.2, 0.25) is 5.02 Å². The first kappa shape index (κ1) is 28.5. The number of rotatable bonds is 10. The van der Waals surface area contributed by atoms with Gasteiger partial charge in [0.2, 0.25) is 5.91 Å². The quantitative estimate of drug-likeness (QED) is 0.266. The number of methoxy groups -OCH3 is 1. The molecule has 3 N–H and O–H groups in total. The largest absolute Gasteiger partial charge is 0.483 e. The SMILES string of the molecule is CCn1c(SCC(=O)Nc2sc(C(N)=O)c(C)c2C(=O)OC)nnc1C(C)Oc1cc(C)c(Cl)c(C)c1. The molecule has 2 heterocycles. The number of thioether (sulfide) groups is 1. The van der Waals surface area contributed by atoms with Gasteiger partial charge in [-0.05, 0) is 63.4 Å². The van der Waals surface area contributed by atoms with Gasteiger partial charge in [-0.15, -0.1) is 21.5 Å². The monoisotopic (exact) mass is 565 g/mol. The number of nitrogens with one attached hydrogen (secondary N) is 1. The summed E-state index contributed by atoms with van der Waals surface area (Å²) in [6.45, 7) is 9.80. The molecule has 3 aromatic rings. The molecule has 0 aliphatic carbocycles. The summed E-state index contributed by atoms with van der Waals surface area (Å²) in [5.74, 6) is -0.466. The highest BCUT2D eigenvalue weighted by Crippen LogP contribution is 2.34. The van der Waals surface area contributed by atoms with Crippen LogP contribution in [0.4, 0.5) is 5.00 Å². The highest BCUT2D eigenvalue weighted by atomic mass is 35.5. The topological polar surface area (TPSA) is 138 Å². The maximum atomic E-state index is 12.7. The van der Waals surface area contributed by atoms with E-state index >= 15 is 0 Å². The molecule has 3 rings (SSSR count). The Morgan fingerprint density at radius 1 is 1.22 bits per heavy atom. The van der Waals surface area contributed by atoms with E-state index in [0.717, 1.165) is 22.5 Å². The van der Waals surface area contributed by atoms with Crippen LogP contribution in [0.3, 0.4) is 0 Å². The maximum Gasteiger partial charge on any atom is 0.341 e. The summed E-state index contributed by atoms with van der Waals surface area (Å²) in [5.41, 5.74) is 7.71. The number of nitrogens with two attached hydrogens (primary N) is 1. The molecule has 0 saturated carbocycles. The number of amides is 2. The standard InChI is InChI=1S/C24H28ClN5O5S2/c1-7-30-21(14(5)35-15-8-11(2)18(25)12(3)9-15)28-29-24(30)36-10-16(31)27-22-17(23(33)34-6)13(4)19(37-22)20(26)32/h8-9,14H,7,10H2,1-6H3,(H2,26,32)(H,27,31). The van der Waals surface area contributed by atoms with Gasteiger partial charge in [-0.3, -0.25) is 9.59 Å². The Bertz CT molecular complexity index is 1330. The second-order valence-corrected chi connectivity index (χ2v) is 10.5. The number of hydrogen-bond donors (Lipinski definition) is 2. The first-order chi connectivity index (χ1) is 17.5. The molecule has 0 saturated heterocycles. The van der Waals surface area contributed by atoms with Crippen LogP contribution in [0, 0.1) is 20.8 Å². The van der Waals surface area contributed by atoms with Crippen molar-refractivity contribution in [3.05, 3.63) is 50.1 Å². The minimum absolute atomic E-state index is 0.00753. The molecule has 1 atom stereocenters. The van der Waals surface area contributed by atoms with Crippen LogP contribution in [-0.4, -0.2) is 45.4 Å². The number of hydrogen-bond acceptors (Lipinski definition) is 9. The molecule has 1 aromatic carbocycles. The zero-order valence-corrected chi connectivity index (χ0v) is 23.7. The Morgan fingerprint density at radius 2 is 1.86 bits per heavy atom. The van der Waals surface area contributed by atoms with Crippen molar-refractivity contribution in [2.45, 2.75) is 52.4 Å². The maximum absolute atomic E-state index is 12.7. The predicted molar refractivity (Wildman–Crippen MR) is 144 cm³/mol. The van der Waals surface area contributed by atoms with Crippen molar-refractivity contribution < 1.29 is 23.9 Å². The van der Waals surface area contributed by atoms with Crippen LogP contribution in [0.25, 0.3) is 0 Å². The minimum Gasteiger partial charge on any atom is -0.483 e. The van der Waals surface area contributed by atoms with Gasteiger partial charge in [-0.1, -0.05) is 23.4 Å². The number of carbonyl (C=O) groups excluding carboxylic acids is 3. The number of carbonyl (C=O) groups is 3. The van der Waals surface area contributed by atoms with Gasteiger partial charge in [-0.25, -0.2) is 4.79 Å². The average Bonchev–Trinajstić information content (AvgIpc) is 3.41. The van der Waals surface area contributed by atoms with E-state index < -0.39 is 23.9 Å². The number of anilines is 1. The predicted octanol–water partition coefficient (Wildman–Crippen LogP) is 4.69. The highest BCUT2D eigenvalue weighted by molar-refractivity contribution is 7.99. The van der Waals surface area contributed by atoms with E-state index in [-0.39, 0.29) is 21.2 Å². The molecule has 0 fully saturated rings. The fourth-order valence-electron chi connectivity index (χ4n) is 3.71. The van der Waals surface area contributed by atoms with Crippen molar-refractivity contribution >= 4 is 57.5 Å². The molecule has 0 aliphatic rings. The van der Waals surface area contributed by atoms with Crippen molar-refractivity contribution in [2.24, 2.45) is 5.73 Å². The summed E-state index contributed by atoms with van der Waals surface area (Å²) in [5, 5.41) is 12.7. The van der Waals surface area contributed by atoms with Gasteiger partial charge in [0.05, 0.1) is 23.3 Å². The number of halogens is 1. The van der Waals surface area contributed by atoms with Crippen molar-refractivity contribution in [3.63, 3.8) is 0 Å². The lowest BCUT2D eigenvalue weighted by molar-refractivity contribution is -0.113. The fourth-order valence-corrected chi connectivity index (χ4v) is 5.69. The van der Waals surface area contributed by atoms with Crippen LogP contribution >= 0.6 is 34.7 Å². The summed E-state index contributed by atoms with van der Waals surface area (Å²) in [4.78, 5) is 36.8. The first-order valence-corrected chi connectivity index (χ1v) is 13.5. The normalized spacial score (nSPS) is 11.8. The average molecular weight is 566 g/mol. The molecule has 1 unspecified atom stereocenters. The summed E-state index contributed by atoms with van der Waals surface area (Å²) in [6, 6.07) is 3.74. The number of ether oxygens (including phenoxy) is 2. The van der Waals surface area contributed by atoms with Crippen LogP contribution in [0.5, 0.6) is 5.75 Å². The number of thiophene rings is 1. The Balaban J connectivity index is 1.72. The molecule has 13 heteroatoms. The summed E-state index contributed by atoms with van der Waals surface area (Å²) < 4.78 is 12.8. The second-order valence-electron chi connectivity index (χ2n) is 8.17. The number of aryl methyl sites for hydroxylation is 2. The van der Waals surface area contributed by atoms with Crippen molar-refractivity contribution in [3.8, 4) is 5.75 Å². The van der Waals surface area contributed by atoms with E-state index in [0.29, 0.717) is 33.9 Å². The zero-order chi connectivity index (χ0) is 27.4. The molecule has 0 radical (unpaired) electrons. The molecule has 10 nitrogen and oxygen atoms in total. The molecule has 37 heavy (non-hydrogen) atoms. The lowest BCUT2D eigenvalue weighted by atomic mass is 10.1. The van der Waals surface area contributed by atoms with Crippen molar-refractivity contribution in [2.75, 3.05) is 18.2 Å². The molecule has 0 bridgehead atoms. The molecule has 2 amide bonds. The molecule has 0 spiro atoms. The van der Waals surface area contributed by atoms with Crippen LogP contribution in [0.15, 0.2) is 17.3 Å². The van der Waals surface area contributed by atoms with Gasteiger partial charge in [0.15, 0.2) is 17.1 Å². The third kappa shape index (κ3) is 6.25. The van der Waals surface area contributed by atoms with E-state index in [1.165, 1.54) is 18.9 Å². The minimum atomic E-state index is -0.689. The van der Waals surface area contributed by atoms with E-state index in [1.807, 2.05) is 44.4 Å². The van der Waals surface area contributed by atoms with Gasteiger partial charge < -0.3 is 25.1 Å². The Morgan fingerprint density at radius 3 is 2.43 bits per heavy atom. The molecule has 2 aromatic heterocycles. The van der Waals surface area contributed by atoms with Crippen LogP contribution in [-0.2, 0) is 16.1 Å². The number of aromatic nitrogens is 3. The van der Waals surface area contributed by atoms with Crippen LogP contribution < -0.4 is 15.8 Å². The highest BCUT2D eigenvalue weighted by Gasteiger charge is 2.26. The van der Waals surface area contributed by atoms with Crippen molar-refractivity contribution in [1.29, 1.82) is 0 Å². The van der Waals surface area contributed by atoms with Gasteiger partial charge in [0, 0.05) is 11.6 Å². The Hall–Kier alpha value is -3.09. The molecule has 0 aliphatic heterocycles. The smallest absolute Gasteiger partial charge is 0.341 e. The fraction of sp³-hybridized carbons (Fsp3) is 0.375. The lowest BCUT2D eigenvalue weighted by Crippen LogP contribution is -2.17. The lowest BCUT2D eigenvalue weighted by Gasteiger charge is -2.17. The number of benzene rings is 1. The Kier molecular flexibility index (Phi) is 9.21. The molecular formula is C24H28ClN5O5S2. The third-order valence-corrected chi connectivity index (χ3v) is 8.28. The Labute approximate surface area is 227 Å². The summed E-state index contributed by atoms with van der Waals surface area (Å²) >= 11 is 8.38. The number of esters is 1. The first-order valence-electron chi connectivity index (χ1n) is 11.3. The van der Waals surface area contributed by atoms with Gasteiger partial charge in [0.25, 0.3) is 5.91 Å². The zero-order valence-electron chi connectivity index (χ0n) is 21.3. The number of primary amides is 1. The number of nitrogens with zero attached hydrogens (tertiary/aromatic N) is 3. The van der Waals surface area contributed by atoms with Gasteiger partial charge in [-0.2, -0.15) is 0 Å². The van der Waals surface area contributed by atoms with E-state index in [4.69, 9.17) is 26.8 Å². The summed E-state index contributed by atoms with van der Waals surface area (Å²) in [6.07, 6.45) is -0.403. The van der Waals surface area contributed by atoms with Gasteiger partial charge in [0.1, 0.15) is 10.8 Å². The second kappa shape index (κ2) is 12.0. The molecular weight excluding hydrogens is 538 g/mol. The van der Waals surface area contributed by atoms with Gasteiger partial charge >= 0.3 is 5.97 Å². The van der Waals surface area contributed by atoms with Crippen molar-refractivity contribution in [1.82, 2.24) is 14.8 Å².